The molecule has 0 aliphatic carbocycles. The van der Waals surface area contributed by atoms with Gasteiger partial charge in [0.05, 0.1) is 10.2 Å². The van der Waals surface area contributed by atoms with Crippen LogP contribution >= 0.6 is 22.6 Å². The third kappa shape index (κ3) is 2.82. The topological polar surface area (TPSA) is 64.9 Å². The fraction of sp³-hybridized carbons (Fsp3) is 0.300. The van der Waals surface area contributed by atoms with Gasteiger partial charge in [-0.15, -0.1) is 0 Å². The third-order valence-electron chi connectivity index (χ3n) is 2.04. The summed E-state index contributed by atoms with van der Waals surface area (Å²) >= 11 is 2.11. The van der Waals surface area contributed by atoms with Crippen molar-refractivity contribution in [1.82, 2.24) is 0 Å². The first-order valence-electron chi connectivity index (χ1n) is 4.50. The molecule has 1 atom stereocenters. The van der Waals surface area contributed by atoms with Gasteiger partial charge in [0.1, 0.15) is 18.5 Å². The molecule has 1 aromatic rings. The van der Waals surface area contributed by atoms with E-state index in [1.165, 1.54) is 0 Å². The third-order valence-corrected chi connectivity index (χ3v) is 2.89. The molecule has 0 radical (unpaired) electrons. The quantitative estimate of drug-likeness (QED) is 0.669. The van der Waals surface area contributed by atoms with Gasteiger partial charge < -0.3 is 15.2 Å². The van der Waals surface area contributed by atoms with E-state index in [0.29, 0.717) is 12.2 Å². The number of hydrogen-bond acceptors (Lipinski definition) is 3. The van der Waals surface area contributed by atoms with E-state index in [9.17, 15) is 4.79 Å². The highest BCUT2D eigenvalue weighted by Gasteiger charge is 2.23. The Kier molecular flexibility index (Phi) is 3.11. The summed E-state index contributed by atoms with van der Waals surface area (Å²) in [5.74, 6) is 0.334. The number of nitrogens with two attached hydrogens (primary N) is 1. The van der Waals surface area contributed by atoms with E-state index in [4.69, 9.17) is 15.2 Å². The average Bonchev–Trinajstić information content (AvgIpc) is 2.99. The molecule has 2 N–H and O–H groups in total. The van der Waals surface area contributed by atoms with Gasteiger partial charge in [0.25, 0.3) is 0 Å². The minimum Gasteiger partial charge on any atom is -0.490 e. The summed E-state index contributed by atoms with van der Waals surface area (Å²) in [6, 6.07) is 5.13. The van der Waals surface area contributed by atoms with E-state index in [0.717, 1.165) is 15.9 Å². The van der Waals surface area contributed by atoms with Crippen molar-refractivity contribution in [1.29, 1.82) is 0 Å². The zero-order valence-corrected chi connectivity index (χ0v) is 10.1. The Morgan fingerprint density at radius 3 is 2.93 bits per heavy atom. The molecule has 1 heterocycles. The number of ether oxygens (including phenoxy) is 2. The van der Waals surface area contributed by atoms with E-state index in [2.05, 4.69) is 22.6 Å². The Hall–Kier alpha value is -0.820. The molecule has 80 valence electrons. The first-order valence-corrected chi connectivity index (χ1v) is 5.58. The number of halogens is 1. The maximum atomic E-state index is 10.9. The number of amides is 1. The summed E-state index contributed by atoms with van der Waals surface area (Å²) in [6.07, 6.45) is 0.233. The first-order chi connectivity index (χ1) is 7.16. The number of benzene rings is 1. The minimum absolute atomic E-state index is 0.233. The molecule has 0 bridgehead atoms. The Balaban J connectivity index is 2.07. The Labute approximate surface area is 101 Å². The first kappa shape index (κ1) is 10.7. The van der Waals surface area contributed by atoms with Crippen molar-refractivity contribution in [3.05, 3.63) is 27.3 Å². The molecule has 1 fully saturated rings. The van der Waals surface area contributed by atoms with Crippen molar-refractivity contribution in [2.75, 3.05) is 13.2 Å². The van der Waals surface area contributed by atoms with E-state index < -0.39 is 5.91 Å². The highest BCUT2D eigenvalue weighted by atomic mass is 127. The maximum Gasteiger partial charge on any atom is 0.248 e. The van der Waals surface area contributed by atoms with Crippen LogP contribution < -0.4 is 10.5 Å². The van der Waals surface area contributed by atoms with Crippen molar-refractivity contribution in [2.24, 2.45) is 5.73 Å². The van der Waals surface area contributed by atoms with Crippen molar-refractivity contribution >= 4 is 28.5 Å². The standard InChI is InChI=1S/C10H10INO3/c11-8-3-6(10(12)13)1-2-9(8)15-5-7-4-14-7/h1-3,7H,4-5H2,(H2,12,13). The molecule has 15 heavy (non-hydrogen) atoms. The molecular weight excluding hydrogens is 309 g/mol. The van der Waals surface area contributed by atoms with Crippen LogP contribution in [0.2, 0.25) is 0 Å². The minimum atomic E-state index is -0.426. The Morgan fingerprint density at radius 2 is 2.40 bits per heavy atom. The lowest BCUT2D eigenvalue weighted by Gasteiger charge is -2.07. The number of rotatable bonds is 4. The van der Waals surface area contributed by atoms with Gasteiger partial charge in [-0.25, -0.2) is 0 Å². The summed E-state index contributed by atoms with van der Waals surface area (Å²) in [5.41, 5.74) is 5.66. The molecule has 0 aromatic heterocycles. The zero-order chi connectivity index (χ0) is 10.8. The summed E-state index contributed by atoms with van der Waals surface area (Å²) in [6.45, 7) is 1.34. The second-order valence-electron chi connectivity index (χ2n) is 3.28. The normalized spacial score (nSPS) is 18.6. The van der Waals surface area contributed by atoms with Crippen LogP contribution in [0, 0.1) is 3.57 Å². The number of epoxide rings is 1. The van der Waals surface area contributed by atoms with Gasteiger partial charge in [0.2, 0.25) is 5.91 Å². The highest BCUT2D eigenvalue weighted by molar-refractivity contribution is 14.1. The van der Waals surface area contributed by atoms with Crippen LogP contribution in [0.1, 0.15) is 10.4 Å². The lowest BCUT2D eigenvalue weighted by molar-refractivity contribution is 0.1000. The highest BCUT2D eigenvalue weighted by Crippen LogP contribution is 2.23. The number of carbonyl (C=O) groups is 1. The molecule has 2 rings (SSSR count). The molecule has 1 aliphatic heterocycles. The zero-order valence-electron chi connectivity index (χ0n) is 7.90. The van der Waals surface area contributed by atoms with E-state index >= 15 is 0 Å². The van der Waals surface area contributed by atoms with Crippen molar-refractivity contribution in [3.63, 3.8) is 0 Å². The molecule has 4 nitrogen and oxygen atoms in total. The maximum absolute atomic E-state index is 10.9. The molecule has 0 spiro atoms. The smallest absolute Gasteiger partial charge is 0.248 e. The van der Waals surface area contributed by atoms with Crippen LogP contribution in [-0.4, -0.2) is 25.2 Å². The van der Waals surface area contributed by atoms with Gasteiger partial charge in [-0.2, -0.15) is 0 Å². The van der Waals surface area contributed by atoms with Crippen molar-refractivity contribution < 1.29 is 14.3 Å². The Morgan fingerprint density at radius 1 is 1.67 bits per heavy atom. The molecule has 1 unspecified atom stereocenters. The number of carbonyl (C=O) groups excluding carboxylic acids is 1. The second-order valence-corrected chi connectivity index (χ2v) is 4.44. The molecule has 1 aliphatic rings. The molecule has 1 aromatic carbocycles. The van der Waals surface area contributed by atoms with Crippen LogP contribution in [0.5, 0.6) is 5.75 Å². The lowest BCUT2D eigenvalue weighted by atomic mass is 10.2. The molecule has 1 amide bonds. The molecule has 1 saturated heterocycles. The summed E-state index contributed by atoms with van der Waals surface area (Å²) in [4.78, 5) is 10.9. The Bertz CT molecular complexity index is 390. The fourth-order valence-electron chi connectivity index (χ4n) is 1.12. The van der Waals surface area contributed by atoms with E-state index in [-0.39, 0.29) is 6.10 Å². The van der Waals surface area contributed by atoms with Gasteiger partial charge in [0, 0.05) is 5.56 Å². The van der Waals surface area contributed by atoms with Crippen molar-refractivity contribution in [3.8, 4) is 5.75 Å². The largest absolute Gasteiger partial charge is 0.490 e. The van der Waals surface area contributed by atoms with Gasteiger partial charge in [-0.05, 0) is 40.8 Å². The molecule has 5 heteroatoms. The van der Waals surface area contributed by atoms with Gasteiger partial charge in [0.15, 0.2) is 0 Å². The van der Waals surface area contributed by atoms with Crippen LogP contribution in [0.3, 0.4) is 0 Å². The monoisotopic (exact) mass is 319 g/mol. The number of hydrogen-bond donors (Lipinski definition) is 1. The van der Waals surface area contributed by atoms with Crippen LogP contribution in [-0.2, 0) is 4.74 Å². The van der Waals surface area contributed by atoms with Crippen molar-refractivity contribution in [2.45, 2.75) is 6.10 Å². The second kappa shape index (κ2) is 4.36. The summed E-state index contributed by atoms with van der Waals surface area (Å²) in [7, 11) is 0. The molecule has 0 saturated carbocycles. The van der Waals surface area contributed by atoms with Gasteiger partial charge >= 0.3 is 0 Å². The van der Waals surface area contributed by atoms with Crippen LogP contribution in [0.25, 0.3) is 0 Å². The fourth-order valence-corrected chi connectivity index (χ4v) is 1.79. The summed E-state index contributed by atoms with van der Waals surface area (Å²) in [5, 5.41) is 0. The summed E-state index contributed by atoms with van der Waals surface area (Å²) < 4.78 is 11.4. The van der Waals surface area contributed by atoms with Gasteiger partial charge in [-0.3, -0.25) is 4.79 Å². The lowest BCUT2D eigenvalue weighted by Crippen LogP contribution is -2.11. The van der Waals surface area contributed by atoms with Gasteiger partial charge in [-0.1, -0.05) is 0 Å². The molecular formula is C10H10INO3. The van der Waals surface area contributed by atoms with Crippen LogP contribution in [0.15, 0.2) is 18.2 Å². The van der Waals surface area contributed by atoms with Crippen LogP contribution in [0.4, 0.5) is 0 Å². The van der Waals surface area contributed by atoms with E-state index in [1.807, 2.05) is 0 Å². The predicted octanol–water partition coefficient (Wildman–Crippen LogP) is 1.17. The SMILES string of the molecule is NC(=O)c1ccc(OCC2CO2)c(I)c1. The average molecular weight is 319 g/mol. The number of primary amides is 1. The van der Waals surface area contributed by atoms with E-state index in [1.54, 1.807) is 18.2 Å². The predicted molar refractivity (Wildman–Crippen MR) is 62.9 cm³/mol.